The molecular formula is C18H25N2P. The maximum Gasteiger partial charge on any atom is 0.0362 e. The second kappa shape index (κ2) is 7.70. The van der Waals surface area contributed by atoms with Crippen LogP contribution in [0.3, 0.4) is 0 Å². The predicted molar refractivity (Wildman–Crippen MR) is 93.6 cm³/mol. The van der Waals surface area contributed by atoms with Crippen LogP contribution in [0, 0.1) is 0 Å². The third kappa shape index (κ3) is 4.38. The Hall–Kier alpha value is -1.21. The first kappa shape index (κ1) is 16.2. The van der Waals surface area contributed by atoms with E-state index in [2.05, 4.69) is 97.9 Å². The number of hydrogen-bond acceptors (Lipinski definition) is 2. The van der Waals surface area contributed by atoms with Crippen molar-refractivity contribution in [1.29, 1.82) is 0 Å². The Labute approximate surface area is 130 Å². The van der Waals surface area contributed by atoms with Crippen LogP contribution in [0.2, 0.25) is 0 Å². The molecule has 0 saturated carbocycles. The summed E-state index contributed by atoms with van der Waals surface area (Å²) >= 11 is 0. The van der Waals surface area contributed by atoms with Crippen molar-refractivity contribution in [3.05, 3.63) is 71.8 Å². The first-order valence-corrected chi connectivity index (χ1v) is 8.31. The highest BCUT2D eigenvalue weighted by Crippen LogP contribution is 2.36. The van der Waals surface area contributed by atoms with Gasteiger partial charge in [0.25, 0.3) is 0 Å². The SMILES string of the molecule is CC(c1ccccc1)N(C)PN(C)[C@@H](C)c1ccccc1. The summed E-state index contributed by atoms with van der Waals surface area (Å²) < 4.78 is 4.82. The van der Waals surface area contributed by atoms with Crippen molar-refractivity contribution in [2.45, 2.75) is 25.9 Å². The molecule has 0 radical (unpaired) electrons. The van der Waals surface area contributed by atoms with E-state index in [-0.39, 0.29) is 0 Å². The van der Waals surface area contributed by atoms with E-state index in [0.717, 1.165) is 0 Å². The Morgan fingerprint density at radius 2 is 1.00 bits per heavy atom. The largest absolute Gasteiger partial charge is 0.268 e. The summed E-state index contributed by atoms with van der Waals surface area (Å²) in [7, 11) is 5.06. The van der Waals surface area contributed by atoms with Crippen molar-refractivity contribution >= 4 is 8.88 Å². The maximum absolute atomic E-state index is 2.41. The van der Waals surface area contributed by atoms with Crippen LogP contribution in [0.5, 0.6) is 0 Å². The molecule has 0 heterocycles. The minimum atomic E-state index is 0.426. The fourth-order valence-electron chi connectivity index (χ4n) is 2.33. The molecule has 0 saturated heterocycles. The van der Waals surface area contributed by atoms with E-state index in [4.69, 9.17) is 0 Å². The van der Waals surface area contributed by atoms with Crippen LogP contribution in [-0.4, -0.2) is 23.4 Å². The first-order valence-electron chi connectivity index (χ1n) is 7.41. The quantitative estimate of drug-likeness (QED) is 0.701. The normalized spacial score (nSPS) is 15.0. The van der Waals surface area contributed by atoms with Gasteiger partial charge in [-0.3, -0.25) is 9.34 Å². The van der Waals surface area contributed by atoms with E-state index in [1.54, 1.807) is 0 Å². The standard InChI is InChI=1S/C18H25N2P/c1-15(17-11-7-5-8-12-17)19(3)21-20(4)16(2)18-13-9-6-10-14-18/h5-16,21H,1-4H3/t15-,16?/m0/s1. The van der Waals surface area contributed by atoms with E-state index in [9.17, 15) is 0 Å². The summed E-state index contributed by atoms with van der Waals surface area (Å²) in [4.78, 5) is 0. The van der Waals surface area contributed by atoms with Gasteiger partial charge in [0.1, 0.15) is 0 Å². The first-order chi connectivity index (χ1) is 10.1. The molecule has 0 aromatic heterocycles. The van der Waals surface area contributed by atoms with Crippen LogP contribution in [0.15, 0.2) is 60.7 Å². The maximum atomic E-state index is 2.41. The second-order valence-electron chi connectivity index (χ2n) is 5.50. The van der Waals surface area contributed by atoms with Gasteiger partial charge < -0.3 is 0 Å². The molecule has 0 bridgehead atoms. The molecule has 0 aliphatic heterocycles. The van der Waals surface area contributed by atoms with Crippen molar-refractivity contribution < 1.29 is 0 Å². The second-order valence-corrected chi connectivity index (χ2v) is 7.11. The number of rotatable bonds is 6. The number of nitrogens with zero attached hydrogens (tertiary/aromatic N) is 2. The summed E-state index contributed by atoms with van der Waals surface area (Å²) in [5.41, 5.74) is 2.74. The fraction of sp³-hybridized carbons (Fsp3) is 0.333. The molecule has 0 amide bonds. The van der Waals surface area contributed by atoms with Crippen molar-refractivity contribution in [3.63, 3.8) is 0 Å². The van der Waals surface area contributed by atoms with E-state index in [1.165, 1.54) is 11.1 Å². The lowest BCUT2D eigenvalue weighted by atomic mass is 10.1. The molecule has 3 atom stereocenters. The summed E-state index contributed by atoms with van der Waals surface area (Å²) in [5, 5.41) is 0. The highest BCUT2D eigenvalue weighted by molar-refractivity contribution is 7.32. The van der Waals surface area contributed by atoms with Crippen LogP contribution in [0.4, 0.5) is 0 Å². The van der Waals surface area contributed by atoms with E-state index in [0.29, 0.717) is 21.0 Å². The third-order valence-electron chi connectivity index (χ3n) is 4.04. The lowest BCUT2D eigenvalue weighted by molar-refractivity contribution is 0.377. The van der Waals surface area contributed by atoms with Gasteiger partial charge in [0.2, 0.25) is 0 Å². The van der Waals surface area contributed by atoms with Gasteiger partial charge >= 0.3 is 0 Å². The van der Waals surface area contributed by atoms with Gasteiger partial charge in [-0.15, -0.1) is 0 Å². The van der Waals surface area contributed by atoms with Gasteiger partial charge in [0, 0.05) is 21.0 Å². The average Bonchev–Trinajstić information content (AvgIpc) is 2.55. The number of hydrogen-bond donors (Lipinski definition) is 0. The van der Waals surface area contributed by atoms with Crippen LogP contribution < -0.4 is 0 Å². The van der Waals surface area contributed by atoms with Crippen molar-refractivity contribution in [3.8, 4) is 0 Å². The molecule has 0 aliphatic carbocycles. The minimum absolute atomic E-state index is 0.426. The predicted octanol–water partition coefficient (Wildman–Crippen LogP) is 4.88. The van der Waals surface area contributed by atoms with E-state index < -0.39 is 0 Å². The average molecular weight is 300 g/mol. The Morgan fingerprint density at radius 3 is 1.33 bits per heavy atom. The van der Waals surface area contributed by atoms with E-state index in [1.807, 2.05) is 0 Å². The molecule has 112 valence electrons. The lowest BCUT2D eigenvalue weighted by Crippen LogP contribution is -2.22. The smallest absolute Gasteiger partial charge is 0.0362 e. The van der Waals surface area contributed by atoms with Crippen LogP contribution >= 0.6 is 8.88 Å². The Bertz CT molecular complexity index is 480. The van der Waals surface area contributed by atoms with Crippen molar-refractivity contribution in [2.24, 2.45) is 0 Å². The summed E-state index contributed by atoms with van der Waals surface area (Å²) in [6.07, 6.45) is 0. The summed E-state index contributed by atoms with van der Waals surface area (Å²) in [6, 6.07) is 22.2. The molecule has 0 N–H and O–H groups in total. The zero-order valence-corrected chi connectivity index (χ0v) is 14.3. The molecule has 0 aliphatic rings. The van der Waals surface area contributed by atoms with Gasteiger partial charge in [-0.05, 0) is 39.1 Å². The van der Waals surface area contributed by atoms with Gasteiger partial charge in [0.05, 0.1) is 0 Å². The summed E-state index contributed by atoms with van der Waals surface area (Å²) in [5.74, 6) is 0. The molecule has 2 unspecified atom stereocenters. The van der Waals surface area contributed by atoms with E-state index >= 15 is 0 Å². The highest BCUT2D eigenvalue weighted by Gasteiger charge is 2.17. The van der Waals surface area contributed by atoms with Gasteiger partial charge in [0.15, 0.2) is 0 Å². The van der Waals surface area contributed by atoms with Gasteiger partial charge in [-0.2, -0.15) is 0 Å². The monoisotopic (exact) mass is 300 g/mol. The lowest BCUT2D eigenvalue weighted by Gasteiger charge is -2.32. The summed E-state index contributed by atoms with van der Waals surface area (Å²) in [6.45, 7) is 4.53. The molecular weight excluding hydrogens is 275 g/mol. The highest BCUT2D eigenvalue weighted by atomic mass is 31.1. The van der Waals surface area contributed by atoms with Crippen molar-refractivity contribution in [2.75, 3.05) is 14.1 Å². The molecule has 3 heteroatoms. The number of benzene rings is 2. The molecule has 2 aromatic carbocycles. The molecule has 21 heavy (non-hydrogen) atoms. The Balaban J connectivity index is 1.97. The van der Waals surface area contributed by atoms with Gasteiger partial charge in [-0.25, -0.2) is 0 Å². The molecule has 0 fully saturated rings. The van der Waals surface area contributed by atoms with Crippen LogP contribution in [0.1, 0.15) is 37.1 Å². The minimum Gasteiger partial charge on any atom is -0.268 e. The van der Waals surface area contributed by atoms with Gasteiger partial charge in [-0.1, -0.05) is 60.7 Å². The molecule has 2 nitrogen and oxygen atoms in total. The third-order valence-corrected chi connectivity index (χ3v) is 5.45. The molecule has 2 rings (SSSR count). The zero-order valence-electron chi connectivity index (χ0n) is 13.3. The fourth-order valence-corrected chi connectivity index (χ4v) is 3.47. The molecule has 0 spiro atoms. The van der Waals surface area contributed by atoms with Crippen LogP contribution in [0.25, 0.3) is 0 Å². The topological polar surface area (TPSA) is 6.48 Å². The van der Waals surface area contributed by atoms with Crippen LogP contribution in [-0.2, 0) is 0 Å². The Kier molecular flexibility index (Phi) is 5.93. The Morgan fingerprint density at radius 1 is 0.667 bits per heavy atom. The van der Waals surface area contributed by atoms with Crippen molar-refractivity contribution in [1.82, 2.24) is 9.34 Å². The molecule has 2 aromatic rings. The zero-order chi connectivity index (χ0) is 15.2.